The summed E-state index contributed by atoms with van der Waals surface area (Å²) in [5, 5.41) is 3.99. The Morgan fingerprint density at radius 1 is 1.31 bits per heavy atom. The molecule has 0 aromatic carbocycles. The van der Waals surface area contributed by atoms with Gasteiger partial charge in [0.05, 0.1) is 0 Å². The van der Waals surface area contributed by atoms with Crippen LogP contribution < -0.4 is 5.43 Å². The fraction of sp³-hybridized carbons (Fsp3) is 0.800. The van der Waals surface area contributed by atoms with Crippen LogP contribution in [0.2, 0.25) is 0 Å². The molecule has 0 aromatic rings. The van der Waals surface area contributed by atoms with Crippen molar-refractivity contribution < 1.29 is 4.79 Å². The molecule has 13 heavy (non-hydrogen) atoms. The summed E-state index contributed by atoms with van der Waals surface area (Å²) in [5.74, 6) is 0.768. The predicted octanol–water partition coefficient (Wildman–Crippen LogP) is 2.18. The molecule has 0 aliphatic heterocycles. The van der Waals surface area contributed by atoms with Crippen LogP contribution in [0.15, 0.2) is 5.10 Å². The summed E-state index contributed by atoms with van der Waals surface area (Å²) < 4.78 is 0. The van der Waals surface area contributed by atoms with Gasteiger partial charge in [-0.25, -0.2) is 5.43 Å². The quantitative estimate of drug-likeness (QED) is 0.528. The largest absolute Gasteiger partial charge is 0.273 e. The van der Waals surface area contributed by atoms with Crippen molar-refractivity contribution >= 4 is 11.6 Å². The summed E-state index contributed by atoms with van der Waals surface area (Å²) in [6, 6.07) is 0. The molecule has 0 bridgehead atoms. The van der Waals surface area contributed by atoms with Gasteiger partial charge in [0.2, 0.25) is 5.91 Å². The number of rotatable bonds is 4. The standard InChI is InChI=1S/C10H20N2O/c1-7(2)6-10(13)12-11-9(5)8(3)4/h7-8H,6H2,1-5H3,(H,12,13)/b11-9+. The molecule has 0 heterocycles. The van der Waals surface area contributed by atoms with Crippen molar-refractivity contribution in [2.75, 3.05) is 0 Å². The summed E-state index contributed by atoms with van der Waals surface area (Å²) in [5.41, 5.74) is 3.50. The lowest BCUT2D eigenvalue weighted by atomic mass is 10.1. The minimum atomic E-state index is -0.00463. The van der Waals surface area contributed by atoms with Gasteiger partial charge in [0.1, 0.15) is 0 Å². The molecule has 0 aliphatic rings. The van der Waals surface area contributed by atoms with Gasteiger partial charge in [0.25, 0.3) is 0 Å². The Labute approximate surface area is 80.6 Å². The molecule has 1 N–H and O–H groups in total. The molecule has 0 unspecified atom stereocenters. The third-order valence-corrected chi connectivity index (χ3v) is 1.79. The lowest BCUT2D eigenvalue weighted by Crippen LogP contribution is -2.21. The monoisotopic (exact) mass is 184 g/mol. The SMILES string of the molecule is C/C(=N\NC(=O)CC(C)C)C(C)C. The number of carbonyl (C=O) groups is 1. The van der Waals surface area contributed by atoms with Crippen LogP contribution >= 0.6 is 0 Å². The molecule has 0 rings (SSSR count). The molecule has 0 atom stereocenters. The number of hydrogen-bond donors (Lipinski definition) is 1. The summed E-state index contributed by atoms with van der Waals surface area (Å²) >= 11 is 0. The Hall–Kier alpha value is -0.860. The number of hydrogen-bond acceptors (Lipinski definition) is 2. The predicted molar refractivity (Wildman–Crippen MR) is 55.5 cm³/mol. The minimum Gasteiger partial charge on any atom is -0.273 e. The molecular weight excluding hydrogens is 164 g/mol. The van der Waals surface area contributed by atoms with E-state index >= 15 is 0 Å². The van der Waals surface area contributed by atoms with Crippen LogP contribution in [0.1, 0.15) is 41.0 Å². The second-order valence-electron chi connectivity index (χ2n) is 4.04. The van der Waals surface area contributed by atoms with Crippen molar-refractivity contribution in [3.63, 3.8) is 0 Å². The van der Waals surface area contributed by atoms with E-state index in [9.17, 15) is 4.79 Å². The minimum absolute atomic E-state index is 0.00463. The van der Waals surface area contributed by atoms with Crippen LogP contribution in [0.25, 0.3) is 0 Å². The van der Waals surface area contributed by atoms with Gasteiger partial charge in [0.15, 0.2) is 0 Å². The van der Waals surface area contributed by atoms with Gasteiger partial charge < -0.3 is 0 Å². The third kappa shape index (κ3) is 6.31. The van der Waals surface area contributed by atoms with Crippen LogP contribution in [-0.4, -0.2) is 11.6 Å². The van der Waals surface area contributed by atoms with Crippen molar-refractivity contribution in [2.45, 2.75) is 41.0 Å². The summed E-state index contributed by atoms with van der Waals surface area (Å²) in [6.45, 7) is 10.0. The zero-order chi connectivity index (χ0) is 10.4. The van der Waals surface area contributed by atoms with E-state index in [2.05, 4.69) is 10.5 Å². The van der Waals surface area contributed by atoms with E-state index in [1.54, 1.807) is 0 Å². The van der Waals surface area contributed by atoms with Gasteiger partial charge in [0, 0.05) is 12.1 Å². The van der Waals surface area contributed by atoms with E-state index in [0.717, 1.165) is 5.71 Å². The molecule has 0 aliphatic carbocycles. The first-order chi connectivity index (χ1) is 5.93. The molecule has 3 heteroatoms. The van der Waals surface area contributed by atoms with Crippen molar-refractivity contribution in [3.8, 4) is 0 Å². The van der Waals surface area contributed by atoms with Gasteiger partial charge >= 0.3 is 0 Å². The van der Waals surface area contributed by atoms with Crippen LogP contribution in [0, 0.1) is 11.8 Å². The summed E-state index contributed by atoms with van der Waals surface area (Å²) in [6.07, 6.45) is 0.537. The van der Waals surface area contributed by atoms with Crippen molar-refractivity contribution in [3.05, 3.63) is 0 Å². The molecule has 0 saturated heterocycles. The maximum Gasteiger partial charge on any atom is 0.240 e. The second kappa shape index (κ2) is 5.73. The lowest BCUT2D eigenvalue weighted by Gasteiger charge is -2.06. The number of carbonyl (C=O) groups excluding carboxylic acids is 1. The molecule has 0 aromatic heterocycles. The maximum atomic E-state index is 11.2. The highest BCUT2D eigenvalue weighted by Gasteiger charge is 2.03. The third-order valence-electron chi connectivity index (χ3n) is 1.79. The average Bonchev–Trinajstić information content (AvgIpc) is 1.98. The van der Waals surface area contributed by atoms with Crippen LogP contribution in [-0.2, 0) is 4.79 Å². The fourth-order valence-corrected chi connectivity index (χ4v) is 0.696. The smallest absolute Gasteiger partial charge is 0.240 e. The highest BCUT2D eigenvalue weighted by atomic mass is 16.2. The average molecular weight is 184 g/mol. The number of nitrogens with zero attached hydrogens (tertiary/aromatic N) is 1. The van der Waals surface area contributed by atoms with Gasteiger partial charge in [-0.15, -0.1) is 0 Å². The lowest BCUT2D eigenvalue weighted by molar-refractivity contribution is -0.121. The second-order valence-corrected chi connectivity index (χ2v) is 4.04. The molecule has 0 saturated carbocycles. The van der Waals surface area contributed by atoms with Crippen LogP contribution in [0.3, 0.4) is 0 Å². The van der Waals surface area contributed by atoms with Crippen molar-refractivity contribution in [1.82, 2.24) is 5.43 Å². The van der Waals surface area contributed by atoms with Gasteiger partial charge in [-0.2, -0.15) is 5.10 Å². The zero-order valence-corrected chi connectivity index (χ0v) is 9.22. The van der Waals surface area contributed by atoms with E-state index in [1.165, 1.54) is 0 Å². The molecule has 0 fully saturated rings. The first-order valence-electron chi connectivity index (χ1n) is 4.76. The maximum absolute atomic E-state index is 11.2. The Morgan fingerprint density at radius 3 is 2.23 bits per heavy atom. The van der Waals surface area contributed by atoms with E-state index in [-0.39, 0.29) is 5.91 Å². The number of hydrazone groups is 1. The van der Waals surface area contributed by atoms with E-state index in [1.807, 2.05) is 34.6 Å². The highest BCUT2D eigenvalue weighted by Crippen LogP contribution is 1.99. The topological polar surface area (TPSA) is 41.5 Å². The van der Waals surface area contributed by atoms with Crippen LogP contribution in [0.5, 0.6) is 0 Å². The first-order valence-corrected chi connectivity index (χ1v) is 4.76. The Bertz CT molecular complexity index is 195. The Kier molecular flexibility index (Phi) is 5.35. The van der Waals surface area contributed by atoms with Crippen molar-refractivity contribution in [1.29, 1.82) is 0 Å². The molecule has 76 valence electrons. The van der Waals surface area contributed by atoms with Crippen LogP contribution in [0.4, 0.5) is 0 Å². The molecular formula is C10H20N2O. The molecule has 1 amide bonds. The van der Waals surface area contributed by atoms with E-state index < -0.39 is 0 Å². The van der Waals surface area contributed by atoms with Gasteiger partial charge in [-0.3, -0.25) is 4.79 Å². The zero-order valence-electron chi connectivity index (χ0n) is 9.22. The summed E-state index contributed by atoms with van der Waals surface area (Å²) in [4.78, 5) is 11.2. The number of nitrogens with one attached hydrogen (secondary N) is 1. The van der Waals surface area contributed by atoms with Gasteiger partial charge in [-0.1, -0.05) is 27.7 Å². The Morgan fingerprint density at radius 2 is 1.85 bits per heavy atom. The molecule has 0 radical (unpaired) electrons. The Balaban J connectivity index is 3.88. The highest BCUT2D eigenvalue weighted by molar-refractivity contribution is 5.85. The first kappa shape index (κ1) is 12.1. The molecule has 3 nitrogen and oxygen atoms in total. The van der Waals surface area contributed by atoms with Crippen molar-refractivity contribution in [2.24, 2.45) is 16.9 Å². The summed E-state index contributed by atoms with van der Waals surface area (Å²) in [7, 11) is 0. The number of amides is 1. The normalized spacial score (nSPS) is 12.4. The van der Waals surface area contributed by atoms with E-state index in [4.69, 9.17) is 0 Å². The van der Waals surface area contributed by atoms with Gasteiger partial charge in [-0.05, 0) is 18.8 Å². The fourth-order valence-electron chi connectivity index (χ4n) is 0.696. The molecule has 0 spiro atoms. The van der Waals surface area contributed by atoms with E-state index in [0.29, 0.717) is 18.3 Å².